The first-order valence-corrected chi connectivity index (χ1v) is 12.6. The molecule has 2 amide bonds. The smallest absolute Gasteiger partial charge is 0.271 e. The Morgan fingerprint density at radius 3 is 2.41 bits per heavy atom. The van der Waals surface area contributed by atoms with Gasteiger partial charge in [-0.15, -0.1) is 0 Å². The van der Waals surface area contributed by atoms with Crippen molar-refractivity contribution >= 4 is 22.7 Å². The minimum atomic E-state index is -0.994. The van der Waals surface area contributed by atoms with Crippen LogP contribution < -0.4 is 14.8 Å². The Labute approximate surface area is 201 Å². The van der Waals surface area contributed by atoms with Crippen molar-refractivity contribution in [3.63, 3.8) is 0 Å². The number of methoxy groups -OCH3 is 2. The maximum absolute atomic E-state index is 14.0. The molecule has 184 valence electrons. The minimum Gasteiger partial charge on any atom is -0.496 e. The van der Waals surface area contributed by atoms with Crippen LogP contribution in [0.5, 0.6) is 11.5 Å². The highest BCUT2D eigenvalue weighted by molar-refractivity contribution is 6.06. The first-order valence-electron chi connectivity index (χ1n) is 12.6. The number of amides is 2. The van der Waals surface area contributed by atoms with Crippen molar-refractivity contribution < 1.29 is 19.1 Å². The number of nitrogens with zero attached hydrogens (tertiary/aromatic N) is 3. The zero-order chi connectivity index (χ0) is 23.9. The summed E-state index contributed by atoms with van der Waals surface area (Å²) in [6.07, 6.45) is 6.69. The number of ether oxygens (including phenoxy) is 2. The fourth-order valence-corrected chi connectivity index (χ4v) is 5.96. The molecule has 1 atom stereocenters. The van der Waals surface area contributed by atoms with Gasteiger partial charge in [0.25, 0.3) is 5.91 Å². The number of likely N-dealkylation sites (tertiary alicyclic amines) is 1. The molecule has 0 spiro atoms. The van der Waals surface area contributed by atoms with Gasteiger partial charge in [-0.05, 0) is 63.9 Å². The number of hydrogen-bond acceptors (Lipinski definition) is 5. The van der Waals surface area contributed by atoms with E-state index in [1.807, 2.05) is 34.6 Å². The summed E-state index contributed by atoms with van der Waals surface area (Å²) in [5, 5.41) is 4.10. The van der Waals surface area contributed by atoms with Crippen molar-refractivity contribution in [3.05, 3.63) is 23.9 Å². The Morgan fingerprint density at radius 1 is 1.06 bits per heavy atom. The summed E-state index contributed by atoms with van der Waals surface area (Å²) in [4.78, 5) is 32.0. The molecule has 0 radical (unpaired) electrons. The molecule has 1 aliphatic carbocycles. The van der Waals surface area contributed by atoms with Gasteiger partial charge in [-0.2, -0.15) is 0 Å². The van der Waals surface area contributed by atoms with E-state index in [0.717, 1.165) is 56.2 Å². The van der Waals surface area contributed by atoms with Gasteiger partial charge in [0.05, 0.1) is 26.3 Å². The first kappa shape index (κ1) is 23.0. The van der Waals surface area contributed by atoms with Crippen molar-refractivity contribution in [1.29, 1.82) is 0 Å². The van der Waals surface area contributed by atoms with Crippen LogP contribution in [0.1, 0.15) is 55.9 Å². The quantitative estimate of drug-likeness (QED) is 0.676. The predicted molar refractivity (Wildman–Crippen MR) is 131 cm³/mol. The standard InChI is InChI=1S/C26H36N4O4/c1-26(25(32)27-18-8-4-5-9-18)17-29-20(24(31)30(26)15-14-28-12-6-7-13-28)16-19-21(33-2)10-11-22(34-3)23(19)29/h10-11,16,18H,4-9,12-15,17H2,1-3H3,(H,27,32). The van der Waals surface area contributed by atoms with E-state index in [1.165, 1.54) is 12.8 Å². The van der Waals surface area contributed by atoms with Crippen LogP contribution in [0.4, 0.5) is 0 Å². The van der Waals surface area contributed by atoms with E-state index in [0.29, 0.717) is 30.3 Å². The SMILES string of the molecule is COc1ccc(OC)c2c1cc1n2CC(C)(C(=O)NC2CCCC2)N(CCN2CCCC2)C1=O. The van der Waals surface area contributed by atoms with Gasteiger partial charge < -0.3 is 29.2 Å². The zero-order valence-electron chi connectivity index (χ0n) is 20.6. The number of benzene rings is 1. The summed E-state index contributed by atoms with van der Waals surface area (Å²) in [5.41, 5.74) is 0.376. The third kappa shape index (κ3) is 3.82. The molecule has 1 N–H and O–H groups in total. The highest BCUT2D eigenvalue weighted by atomic mass is 16.5. The average molecular weight is 469 g/mol. The highest BCUT2D eigenvalue weighted by Gasteiger charge is 2.48. The molecular formula is C26H36N4O4. The summed E-state index contributed by atoms with van der Waals surface area (Å²) in [6, 6.07) is 5.79. The third-order valence-corrected chi connectivity index (χ3v) is 7.97. The Balaban J connectivity index is 1.56. The summed E-state index contributed by atoms with van der Waals surface area (Å²) < 4.78 is 13.2. The van der Waals surface area contributed by atoms with Crippen LogP contribution in [0.25, 0.3) is 10.9 Å². The molecule has 1 aromatic carbocycles. The lowest BCUT2D eigenvalue weighted by atomic mass is 9.94. The number of fused-ring (bicyclic) bond motifs is 3. The lowest BCUT2D eigenvalue weighted by molar-refractivity contribution is -0.133. The molecule has 34 heavy (non-hydrogen) atoms. The number of nitrogens with one attached hydrogen (secondary N) is 1. The lowest BCUT2D eigenvalue weighted by Crippen LogP contribution is -2.65. The van der Waals surface area contributed by atoms with E-state index in [9.17, 15) is 9.59 Å². The Hall–Kier alpha value is -2.74. The van der Waals surface area contributed by atoms with Gasteiger partial charge in [-0.25, -0.2) is 0 Å². The number of hydrogen-bond donors (Lipinski definition) is 1. The van der Waals surface area contributed by atoms with Gasteiger partial charge in [0.15, 0.2) is 0 Å². The molecule has 1 saturated heterocycles. The molecule has 1 aromatic heterocycles. The van der Waals surface area contributed by atoms with E-state index in [1.54, 1.807) is 14.2 Å². The molecule has 0 bridgehead atoms. The van der Waals surface area contributed by atoms with Crippen molar-refractivity contribution in [3.8, 4) is 11.5 Å². The lowest BCUT2D eigenvalue weighted by Gasteiger charge is -2.45. The largest absolute Gasteiger partial charge is 0.496 e. The highest BCUT2D eigenvalue weighted by Crippen LogP contribution is 2.40. The van der Waals surface area contributed by atoms with Gasteiger partial charge in [-0.1, -0.05) is 12.8 Å². The summed E-state index contributed by atoms with van der Waals surface area (Å²) in [6.45, 7) is 5.72. The monoisotopic (exact) mass is 468 g/mol. The summed E-state index contributed by atoms with van der Waals surface area (Å²) >= 11 is 0. The Bertz CT molecular complexity index is 1080. The number of carbonyl (C=O) groups excluding carboxylic acids is 2. The van der Waals surface area contributed by atoms with Crippen LogP contribution >= 0.6 is 0 Å². The minimum absolute atomic E-state index is 0.0662. The molecular weight excluding hydrogens is 432 g/mol. The number of carbonyl (C=O) groups is 2. The summed E-state index contributed by atoms with van der Waals surface area (Å²) in [7, 11) is 3.25. The normalized spacial score (nSPS) is 23.5. The first-order chi connectivity index (χ1) is 16.5. The fraction of sp³-hybridized carbons (Fsp3) is 0.615. The molecule has 1 unspecified atom stereocenters. The molecule has 3 aliphatic rings. The molecule has 2 aromatic rings. The van der Waals surface area contributed by atoms with Crippen molar-refractivity contribution in [2.45, 2.75) is 63.6 Å². The zero-order valence-corrected chi connectivity index (χ0v) is 20.6. The molecule has 1 saturated carbocycles. The van der Waals surface area contributed by atoms with Gasteiger partial charge >= 0.3 is 0 Å². The maximum atomic E-state index is 14.0. The second kappa shape index (κ2) is 9.13. The van der Waals surface area contributed by atoms with E-state index >= 15 is 0 Å². The Morgan fingerprint density at radius 2 is 1.74 bits per heavy atom. The van der Waals surface area contributed by atoms with Gasteiger partial charge in [0, 0.05) is 24.5 Å². The van der Waals surface area contributed by atoms with E-state index in [2.05, 4.69) is 10.2 Å². The van der Waals surface area contributed by atoms with Gasteiger partial charge in [0.2, 0.25) is 5.91 Å². The van der Waals surface area contributed by atoms with Crippen LogP contribution in [0.15, 0.2) is 18.2 Å². The van der Waals surface area contributed by atoms with Crippen molar-refractivity contribution in [2.24, 2.45) is 0 Å². The second-order valence-corrected chi connectivity index (χ2v) is 10.1. The number of aromatic nitrogens is 1. The average Bonchev–Trinajstić information content (AvgIpc) is 3.60. The molecule has 3 heterocycles. The topological polar surface area (TPSA) is 76.0 Å². The van der Waals surface area contributed by atoms with Crippen molar-refractivity contribution in [1.82, 2.24) is 19.7 Å². The van der Waals surface area contributed by atoms with E-state index < -0.39 is 5.54 Å². The van der Waals surface area contributed by atoms with Crippen LogP contribution in [0.3, 0.4) is 0 Å². The Kier molecular flexibility index (Phi) is 6.18. The molecule has 2 aliphatic heterocycles. The van der Waals surface area contributed by atoms with Crippen LogP contribution in [-0.2, 0) is 11.3 Å². The fourth-order valence-electron chi connectivity index (χ4n) is 5.96. The van der Waals surface area contributed by atoms with Crippen LogP contribution in [0.2, 0.25) is 0 Å². The molecule has 5 rings (SSSR count). The third-order valence-electron chi connectivity index (χ3n) is 7.97. The maximum Gasteiger partial charge on any atom is 0.271 e. The molecule has 8 nitrogen and oxygen atoms in total. The van der Waals surface area contributed by atoms with Crippen LogP contribution in [-0.4, -0.2) is 78.2 Å². The van der Waals surface area contributed by atoms with Crippen LogP contribution in [0, 0.1) is 0 Å². The second-order valence-electron chi connectivity index (χ2n) is 10.1. The van der Waals surface area contributed by atoms with E-state index in [4.69, 9.17) is 9.47 Å². The predicted octanol–water partition coefficient (Wildman–Crippen LogP) is 3.03. The van der Waals surface area contributed by atoms with Gasteiger partial charge in [-0.3, -0.25) is 9.59 Å². The summed E-state index contributed by atoms with van der Waals surface area (Å²) in [5.74, 6) is 1.17. The van der Waals surface area contributed by atoms with Gasteiger partial charge in [0.1, 0.15) is 22.7 Å². The van der Waals surface area contributed by atoms with Crippen molar-refractivity contribution in [2.75, 3.05) is 40.4 Å². The number of rotatable bonds is 7. The molecule has 2 fully saturated rings. The molecule has 8 heteroatoms. The van der Waals surface area contributed by atoms with E-state index in [-0.39, 0.29) is 17.9 Å².